The molecule has 0 unspecified atom stereocenters. The quantitative estimate of drug-likeness (QED) is 0.384. The van der Waals surface area contributed by atoms with Crippen LogP contribution in [0.5, 0.6) is 0 Å². The molecule has 19 heavy (non-hydrogen) atoms. The summed E-state index contributed by atoms with van der Waals surface area (Å²) in [5.41, 5.74) is 0.0370. The van der Waals surface area contributed by atoms with Gasteiger partial charge in [-0.3, -0.25) is 5.41 Å². The van der Waals surface area contributed by atoms with Gasteiger partial charge in [-0.15, -0.1) is 0 Å². The number of urea groups is 1. The molecule has 0 aliphatic carbocycles. The first-order chi connectivity index (χ1) is 9.11. The Morgan fingerprint density at radius 1 is 1.53 bits per heavy atom. The Balaban J connectivity index is 1.70. The minimum Gasteiger partial charge on any atom is -0.462 e. The fraction of sp³-hybridized carbons (Fsp3) is 0.750. The molecule has 0 spiro atoms. The highest BCUT2D eigenvalue weighted by Crippen LogP contribution is 2.33. The Kier molecular flexibility index (Phi) is 4.68. The van der Waals surface area contributed by atoms with Gasteiger partial charge >= 0.3 is 12.0 Å². The van der Waals surface area contributed by atoms with Gasteiger partial charge in [0, 0.05) is 11.0 Å². The predicted octanol–water partition coefficient (Wildman–Crippen LogP) is 0.905. The van der Waals surface area contributed by atoms with Crippen LogP contribution in [0, 0.1) is 5.41 Å². The topological polar surface area (TPSA) is 91.3 Å². The van der Waals surface area contributed by atoms with Crippen molar-refractivity contribution in [2.24, 2.45) is 0 Å². The summed E-state index contributed by atoms with van der Waals surface area (Å²) in [7, 11) is 0. The summed E-state index contributed by atoms with van der Waals surface area (Å²) < 4.78 is 4.77. The van der Waals surface area contributed by atoms with Crippen molar-refractivity contribution in [1.29, 1.82) is 5.41 Å². The lowest BCUT2D eigenvalue weighted by atomic mass is 10.0. The molecular formula is C12H19N3O3S. The van der Waals surface area contributed by atoms with Crippen LogP contribution in [0.4, 0.5) is 4.79 Å². The van der Waals surface area contributed by atoms with Gasteiger partial charge in [-0.05, 0) is 26.2 Å². The molecule has 6 nitrogen and oxygen atoms in total. The van der Waals surface area contributed by atoms with Crippen LogP contribution in [0.15, 0.2) is 0 Å². The number of esters is 1. The lowest BCUT2D eigenvalue weighted by Gasteiger charge is -2.16. The van der Waals surface area contributed by atoms with Crippen molar-refractivity contribution in [3.8, 4) is 0 Å². The second kappa shape index (κ2) is 6.27. The minimum atomic E-state index is -0.518. The molecule has 2 aliphatic heterocycles. The van der Waals surface area contributed by atoms with Crippen LogP contribution in [0.25, 0.3) is 0 Å². The van der Waals surface area contributed by atoms with Crippen molar-refractivity contribution >= 4 is 29.5 Å². The largest absolute Gasteiger partial charge is 0.462 e. The maximum Gasteiger partial charge on any atom is 0.351 e. The minimum absolute atomic E-state index is 0.0370. The Bertz CT molecular complexity index is 388. The van der Waals surface area contributed by atoms with Crippen molar-refractivity contribution in [3.63, 3.8) is 0 Å². The van der Waals surface area contributed by atoms with E-state index in [-0.39, 0.29) is 23.8 Å². The molecule has 2 saturated heterocycles. The first-order valence-corrected chi connectivity index (χ1v) is 7.60. The van der Waals surface area contributed by atoms with Crippen LogP contribution in [-0.2, 0) is 9.53 Å². The lowest BCUT2D eigenvalue weighted by molar-refractivity contribution is -0.135. The molecule has 2 heterocycles. The van der Waals surface area contributed by atoms with E-state index in [1.54, 1.807) is 6.92 Å². The summed E-state index contributed by atoms with van der Waals surface area (Å²) >= 11 is 1.84. The highest BCUT2D eigenvalue weighted by atomic mass is 32.2. The number of amides is 2. The monoisotopic (exact) mass is 285 g/mol. The molecule has 7 heteroatoms. The standard InChI is InChI=1S/C12H19N3O3S/c1-2-18-11(16)7(13)4-3-5-9-10-8(6-19-9)14-12(17)15-10/h8-10,13H,2-6H2,1H3,(H2,14,15,17)/t8-,9-,10-/m0/s1. The van der Waals surface area contributed by atoms with Crippen LogP contribution >= 0.6 is 11.8 Å². The molecule has 0 saturated carbocycles. The van der Waals surface area contributed by atoms with Gasteiger partial charge in [-0.25, -0.2) is 9.59 Å². The highest BCUT2D eigenvalue weighted by molar-refractivity contribution is 8.00. The Labute approximate surface area is 116 Å². The third-order valence-corrected chi connectivity index (χ3v) is 4.88. The molecule has 0 aromatic heterocycles. The van der Waals surface area contributed by atoms with E-state index in [0.717, 1.165) is 18.6 Å². The molecule has 0 bridgehead atoms. The van der Waals surface area contributed by atoms with E-state index in [2.05, 4.69) is 10.6 Å². The van der Waals surface area contributed by atoms with Crippen molar-refractivity contribution in [3.05, 3.63) is 0 Å². The van der Waals surface area contributed by atoms with Gasteiger partial charge in [-0.2, -0.15) is 11.8 Å². The average molecular weight is 285 g/mol. The van der Waals surface area contributed by atoms with Crippen LogP contribution in [0.2, 0.25) is 0 Å². The van der Waals surface area contributed by atoms with Crippen molar-refractivity contribution < 1.29 is 14.3 Å². The van der Waals surface area contributed by atoms with E-state index in [4.69, 9.17) is 10.1 Å². The summed E-state index contributed by atoms with van der Waals surface area (Å²) in [6.45, 7) is 2.04. The van der Waals surface area contributed by atoms with E-state index >= 15 is 0 Å². The molecular weight excluding hydrogens is 266 g/mol. The smallest absolute Gasteiger partial charge is 0.351 e. The highest BCUT2D eigenvalue weighted by Gasteiger charge is 2.42. The van der Waals surface area contributed by atoms with E-state index in [0.29, 0.717) is 18.3 Å². The molecule has 2 amide bonds. The third-order valence-electron chi connectivity index (χ3n) is 3.38. The van der Waals surface area contributed by atoms with E-state index in [9.17, 15) is 9.59 Å². The van der Waals surface area contributed by atoms with Gasteiger partial charge in [0.2, 0.25) is 0 Å². The summed E-state index contributed by atoms with van der Waals surface area (Å²) in [4.78, 5) is 22.5. The van der Waals surface area contributed by atoms with Crippen molar-refractivity contribution in [2.75, 3.05) is 12.4 Å². The maximum atomic E-state index is 11.3. The fourth-order valence-electron chi connectivity index (χ4n) is 2.44. The second-order valence-corrected chi connectivity index (χ2v) is 5.99. The van der Waals surface area contributed by atoms with Crippen molar-refractivity contribution in [2.45, 2.75) is 43.5 Å². The average Bonchev–Trinajstić information content (AvgIpc) is 2.89. The molecule has 2 fully saturated rings. The first-order valence-electron chi connectivity index (χ1n) is 6.55. The number of carbonyl (C=O) groups excluding carboxylic acids is 2. The maximum absolute atomic E-state index is 11.3. The summed E-state index contributed by atoms with van der Waals surface area (Å²) in [6.07, 6.45) is 2.11. The Hall–Kier alpha value is -1.24. The number of carbonyl (C=O) groups is 2. The predicted molar refractivity (Wildman–Crippen MR) is 73.7 cm³/mol. The SMILES string of the molecule is CCOC(=O)C(=N)CCC[C@@H]1SC[C@@H]2NC(=O)N[C@@H]21. The molecule has 0 radical (unpaired) electrons. The van der Waals surface area contributed by atoms with Crippen LogP contribution in [-0.4, -0.2) is 47.4 Å². The van der Waals surface area contributed by atoms with Gasteiger partial charge in [0.05, 0.1) is 18.7 Å². The Morgan fingerprint density at radius 3 is 3.05 bits per heavy atom. The van der Waals surface area contributed by atoms with E-state index < -0.39 is 5.97 Å². The Morgan fingerprint density at radius 2 is 2.32 bits per heavy atom. The van der Waals surface area contributed by atoms with Crippen LogP contribution < -0.4 is 10.6 Å². The van der Waals surface area contributed by atoms with Crippen LogP contribution in [0.1, 0.15) is 26.2 Å². The second-order valence-electron chi connectivity index (χ2n) is 4.71. The first kappa shape index (κ1) is 14.2. The van der Waals surface area contributed by atoms with E-state index in [1.807, 2.05) is 11.8 Å². The number of fused-ring (bicyclic) bond motifs is 1. The number of nitrogens with one attached hydrogen (secondary N) is 3. The van der Waals surface area contributed by atoms with Gasteiger partial charge < -0.3 is 15.4 Å². The van der Waals surface area contributed by atoms with Crippen molar-refractivity contribution in [1.82, 2.24) is 10.6 Å². The third kappa shape index (κ3) is 3.40. The fourth-order valence-corrected chi connectivity index (χ4v) is 3.99. The molecule has 2 rings (SSSR count). The number of thioether (sulfide) groups is 1. The molecule has 0 aromatic rings. The molecule has 3 N–H and O–H groups in total. The lowest BCUT2D eigenvalue weighted by Crippen LogP contribution is -2.36. The van der Waals surface area contributed by atoms with Crippen LogP contribution in [0.3, 0.4) is 0 Å². The van der Waals surface area contributed by atoms with Gasteiger partial charge in [-0.1, -0.05) is 0 Å². The zero-order valence-electron chi connectivity index (χ0n) is 10.9. The number of rotatable bonds is 6. The normalized spacial score (nSPS) is 28.5. The number of hydrogen-bond donors (Lipinski definition) is 3. The molecule has 0 aromatic carbocycles. The van der Waals surface area contributed by atoms with E-state index in [1.165, 1.54) is 0 Å². The molecule has 106 valence electrons. The summed E-state index contributed by atoms with van der Waals surface area (Å²) in [5.74, 6) is 0.416. The van der Waals surface area contributed by atoms with Gasteiger partial charge in [0.1, 0.15) is 5.71 Å². The van der Waals surface area contributed by atoms with Gasteiger partial charge in [0.25, 0.3) is 0 Å². The summed E-state index contributed by atoms with van der Waals surface area (Å²) in [6, 6.07) is 0.334. The number of ether oxygens (including phenoxy) is 1. The number of hydrogen-bond acceptors (Lipinski definition) is 5. The summed E-state index contributed by atoms with van der Waals surface area (Å²) in [5, 5.41) is 13.8. The molecule has 2 aliphatic rings. The zero-order chi connectivity index (χ0) is 13.8. The molecule has 3 atom stereocenters. The van der Waals surface area contributed by atoms with Gasteiger partial charge in [0.15, 0.2) is 0 Å². The zero-order valence-corrected chi connectivity index (χ0v) is 11.7.